The number of esters is 1. The molecular formula is C7H9N2O4P. The number of hydrogen-bond acceptors (Lipinski definition) is 5. The van der Waals surface area contributed by atoms with Gasteiger partial charge in [0.2, 0.25) is 5.69 Å². The second-order valence-electron chi connectivity index (χ2n) is 2.39. The van der Waals surface area contributed by atoms with Crippen LogP contribution in [0.3, 0.4) is 0 Å². The Labute approximate surface area is 81.8 Å². The van der Waals surface area contributed by atoms with E-state index in [-0.39, 0.29) is 6.61 Å². The highest BCUT2D eigenvalue weighted by Gasteiger charge is 2.16. The molecule has 7 heteroatoms. The fourth-order valence-corrected chi connectivity index (χ4v) is 1.08. The van der Waals surface area contributed by atoms with Crippen LogP contribution in [0.5, 0.6) is 5.75 Å². The molecule has 0 amide bonds. The average molecular weight is 216 g/mol. The third kappa shape index (κ3) is 2.09. The van der Waals surface area contributed by atoms with Crippen LogP contribution in [0.2, 0.25) is 0 Å². The molecule has 0 aliphatic heterocycles. The molecule has 0 spiro atoms. The summed E-state index contributed by atoms with van der Waals surface area (Å²) >= 11 is 0. The molecule has 6 nitrogen and oxygen atoms in total. The molecule has 0 aromatic carbocycles. The maximum absolute atomic E-state index is 11.2. The number of hydrogen-bond donors (Lipinski definition) is 1. The van der Waals surface area contributed by atoms with Gasteiger partial charge < -0.3 is 9.84 Å². The summed E-state index contributed by atoms with van der Waals surface area (Å²) in [7, 11) is 2.10. The highest BCUT2D eigenvalue weighted by molar-refractivity contribution is 7.14. The van der Waals surface area contributed by atoms with E-state index < -0.39 is 22.8 Å². The van der Waals surface area contributed by atoms with Gasteiger partial charge in [0.25, 0.3) is 5.43 Å². The summed E-state index contributed by atoms with van der Waals surface area (Å²) in [6.45, 7) is 1.76. The van der Waals surface area contributed by atoms with Crippen molar-refractivity contribution in [2.24, 2.45) is 0 Å². The zero-order valence-electron chi connectivity index (χ0n) is 7.43. The maximum Gasteiger partial charge on any atom is 0.363 e. The van der Waals surface area contributed by atoms with Crippen LogP contribution >= 0.6 is 9.39 Å². The number of aromatic hydroxyl groups is 1. The monoisotopic (exact) mass is 216 g/mol. The summed E-state index contributed by atoms with van der Waals surface area (Å²) in [4.78, 5) is 22.4. The standard InChI is InChI=1S/C7H9N2O4P/c1-2-13-7(12)5-6(11)4(10)3-9(14)8-5/h3,10H,2,14H2,1H3. The van der Waals surface area contributed by atoms with Crippen molar-refractivity contribution in [1.29, 1.82) is 0 Å². The first-order chi connectivity index (χ1) is 6.56. The quantitative estimate of drug-likeness (QED) is 0.545. The predicted molar refractivity (Wildman–Crippen MR) is 51.2 cm³/mol. The van der Waals surface area contributed by atoms with Crippen LogP contribution in [0.25, 0.3) is 0 Å². The van der Waals surface area contributed by atoms with Crippen LogP contribution in [0.15, 0.2) is 11.0 Å². The topological polar surface area (TPSA) is 81.4 Å². The van der Waals surface area contributed by atoms with E-state index in [1.165, 1.54) is 0 Å². The van der Waals surface area contributed by atoms with Gasteiger partial charge in [-0.15, -0.1) is 0 Å². The Morgan fingerprint density at radius 3 is 3.00 bits per heavy atom. The van der Waals surface area contributed by atoms with Crippen molar-refractivity contribution in [3.63, 3.8) is 0 Å². The summed E-state index contributed by atoms with van der Waals surface area (Å²) in [5.74, 6) is -1.39. The summed E-state index contributed by atoms with van der Waals surface area (Å²) in [6.07, 6.45) is 1.08. The summed E-state index contributed by atoms with van der Waals surface area (Å²) in [5.41, 5.74) is -1.26. The van der Waals surface area contributed by atoms with Gasteiger partial charge >= 0.3 is 5.97 Å². The Hall–Kier alpha value is -1.42. The van der Waals surface area contributed by atoms with E-state index in [9.17, 15) is 9.59 Å². The van der Waals surface area contributed by atoms with Gasteiger partial charge in [-0.2, -0.15) is 5.10 Å². The molecule has 0 aliphatic rings. The highest BCUT2D eigenvalue weighted by atomic mass is 31.0. The molecule has 0 aliphatic carbocycles. The van der Waals surface area contributed by atoms with Crippen LogP contribution in [0.4, 0.5) is 0 Å². The molecule has 1 heterocycles. The highest BCUT2D eigenvalue weighted by Crippen LogP contribution is 2.03. The van der Waals surface area contributed by atoms with Crippen LogP contribution < -0.4 is 5.43 Å². The van der Waals surface area contributed by atoms with Gasteiger partial charge in [0.05, 0.1) is 12.8 Å². The third-order valence-corrected chi connectivity index (χ3v) is 1.65. The normalized spacial score (nSPS) is 9.86. The Morgan fingerprint density at radius 2 is 2.43 bits per heavy atom. The van der Waals surface area contributed by atoms with Crippen molar-refractivity contribution >= 4 is 15.4 Å². The van der Waals surface area contributed by atoms with Crippen molar-refractivity contribution in [1.82, 2.24) is 9.55 Å². The second-order valence-corrected chi connectivity index (χ2v) is 2.92. The molecule has 0 bridgehead atoms. The maximum atomic E-state index is 11.2. The minimum absolute atomic E-state index is 0.145. The lowest BCUT2D eigenvalue weighted by atomic mass is 10.3. The van der Waals surface area contributed by atoms with E-state index in [2.05, 4.69) is 19.2 Å². The van der Waals surface area contributed by atoms with Gasteiger partial charge in [-0.25, -0.2) is 4.79 Å². The average Bonchev–Trinajstić information content (AvgIpc) is 2.11. The number of ether oxygens (including phenoxy) is 1. The zero-order valence-corrected chi connectivity index (χ0v) is 8.58. The van der Waals surface area contributed by atoms with Crippen molar-refractivity contribution in [3.8, 4) is 5.75 Å². The molecule has 0 saturated carbocycles. The molecule has 1 N–H and O–H groups in total. The molecule has 1 atom stereocenters. The van der Waals surface area contributed by atoms with E-state index in [1.54, 1.807) is 6.92 Å². The first-order valence-electron chi connectivity index (χ1n) is 3.81. The van der Waals surface area contributed by atoms with E-state index >= 15 is 0 Å². The van der Waals surface area contributed by atoms with Gasteiger partial charge in [0.15, 0.2) is 5.75 Å². The molecule has 1 rings (SSSR count). The zero-order chi connectivity index (χ0) is 10.7. The van der Waals surface area contributed by atoms with Crippen LogP contribution in [0, 0.1) is 0 Å². The number of rotatable bonds is 2. The van der Waals surface area contributed by atoms with Gasteiger partial charge in [-0.05, 0) is 16.3 Å². The van der Waals surface area contributed by atoms with Crippen molar-refractivity contribution in [3.05, 3.63) is 22.1 Å². The SMILES string of the molecule is CCOC(=O)c1nn(P)cc(O)c1=O. The Morgan fingerprint density at radius 1 is 1.79 bits per heavy atom. The fourth-order valence-electron chi connectivity index (χ4n) is 0.828. The summed E-state index contributed by atoms with van der Waals surface area (Å²) < 4.78 is 5.67. The molecule has 76 valence electrons. The van der Waals surface area contributed by atoms with E-state index in [4.69, 9.17) is 5.11 Å². The minimum Gasteiger partial charge on any atom is -0.503 e. The second kappa shape index (κ2) is 4.19. The smallest absolute Gasteiger partial charge is 0.363 e. The summed E-state index contributed by atoms with van der Waals surface area (Å²) in [6, 6.07) is 0. The van der Waals surface area contributed by atoms with Gasteiger partial charge in [-0.3, -0.25) is 9.25 Å². The van der Waals surface area contributed by atoms with Crippen molar-refractivity contribution in [2.75, 3.05) is 6.61 Å². The number of aromatic nitrogens is 2. The van der Waals surface area contributed by atoms with E-state index in [0.29, 0.717) is 0 Å². The Kier molecular flexibility index (Phi) is 3.19. The first kappa shape index (κ1) is 10.7. The minimum atomic E-state index is -0.843. The number of carbonyl (C=O) groups excluding carboxylic acids is 1. The molecule has 0 saturated heterocycles. The first-order valence-corrected chi connectivity index (χ1v) is 4.33. The molecule has 1 aromatic heterocycles. The molecular weight excluding hydrogens is 207 g/mol. The van der Waals surface area contributed by atoms with Gasteiger partial charge in [0, 0.05) is 0 Å². The van der Waals surface area contributed by atoms with E-state index in [0.717, 1.165) is 10.6 Å². The Balaban J connectivity index is 3.21. The van der Waals surface area contributed by atoms with E-state index in [1.807, 2.05) is 0 Å². The lowest BCUT2D eigenvalue weighted by Gasteiger charge is -2.02. The number of nitrogens with zero attached hydrogens (tertiary/aromatic N) is 2. The molecule has 0 radical (unpaired) electrons. The molecule has 0 fully saturated rings. The lowest BCUT2D eigenvalue weighted by molar-refractivity contribution is 0.0515. The molecule has 1 unspecified atom stereocenters. The Bertz CT molecular complexity index is 415. The molecule has 1 aromatic rings. The van der Waals surface area contributed by atoms with Gasteiger partial charge in [0.1, 0.15) is 0 Å². The predicted octanol–water partition coefficient (Wildman–Crippen LogP) is -0.236. The van der Waals surface area contributed by atoms with Crippen LogP contribution in [-0.4, -0.2) is 27.2 Å². The molecule has 14 heavy (non-hydrogen) atoms. The largest absolute Gasteiger partial charge is 0.503 e. The van der Waals surface area contributed by atoms with Gasteiger partial charge in [-0.1, -0.05) is 0 Å². The van der Waals surface area contributed by atoms with Crippen LogP contribution in [-0.2, 0) is 4.74 Å². The van der Waals surface area contributed by atoms with Crippen LogP contribution in [0.1, 0.15) is 17.4 Å². The van der Waals surface area contributed by atoms with Crippen molar-refractivity contribution in [2.45, 2.75) is 6.92 Å². The van der Waals surface area contributed by atoms with Crippen molar-refractivity contribution < 1.29 is 14.6 Å². The number of carbonyl (C=O) groups is 1. The lowest BCUT2D eigenvalue weighted by Crippen LogP contribution is -2.21. The summed E-state index contributed by atoms with van der Waals surface area (Å²) in [5, 5.41) is 12.7. The fraction of sp³-hybridized carbons (Fsp3) is 0.286. The third-order valence-electron chi connectivity index (χ3n) is 1.39.